The van der Waals surface area contributed by atoms with Crippen LogP contribution in [0.2, 0.25) is 0 Å². The van der Waals surface area contributed by atoms with Gasteiger partial charge in [-0.15, -0.1) is 24.9 Å². The van der Waals surface area contributed by atoms with Crippen LogP contribution < -0.4 is 0 Å². The van der Waals surface area contributed by atoms with Gasteiger partial charge in [0.15, 0.2) is 0 Å². The molecule has 0 aromatic rings. The van der Waals surface area contributed by atoms with Crippen LogP contribution in [0.3, 0.4) is 0 Å². The second-order valence-corrected chi connectivity index (χ2v) is 16.6. The van der Waals surface area contributed by atoms with Crippen LogP contribution in [0.5, 0.6) is 0 Å². The normalized spacial score (nSPS) is 29.0. The number of amides is 3. The highest BCUT2D eigenvalue weighted by molar-refractivity contribution is 9.09. The topological polar surface area (TPSA) is 81.2 Å². The summed E-state index contributed by atoms with van der Waals surface area (Å²) in [5, 5.41) is 9.27. The highest BCUT2D eigenvalue weighted by Crippen LogP contribution is 2.68. The summed E-state index contributed by atoms with van der Waals surface area (Å²) < 4.78 is -0.673. The van der Waals surface area contributed by atoms with Gasteiger partial charge < -0.3 is 19.8 Å². The minimum absolute atomic E-state index is 0.00188. The molecule has 1 spiro atoms. The molecule has 3 unspecified atom stereocenters. The lowest BCUT2D eigenvalue weighted by molar-refractivity contribution is -0.147. The van der Waals surface area contributed by atoms with E-state index in [1.54, 1.807) is 28.8 Å². The first-order chi connectivity index (χ1) is 19.2. The Labute approximate surface area is 260 Å². The fourth-order valence-electron chi connectivity index (χ4n) is 7.74. The van der Waals surface area contributed by atoms with E-state index in [2.05, 4.69) is 63.7 Å². The molecule has 0 aromatic heterocycles. The van der Waals surface area contributed by atoms with Crippen LogP contribution in [0.1, 0.15) is 80.1 Å². The summed E-state index contributed by atoms with van der Waals surface area (Å²) >= 11 is 5.59. The molecule has 9 heteroatoms. The first-order valence-electron chi connectivity index (χ1n) is 15.3. The second-order valence-electron chi connectivity index (χ2n) is 13.8. The van der Waals surface area contributed by atoms with Crippen molar-refractivity contribution in [3.8, 4) is 0 Å². The van der Waals surface area contributed by atoms with E-state index in [-0.39, 0.29) is 39.8 Å². The molecule has 0 aliphatic carbocycles. The molecule has 1 N–H and O–H groups in total. The van der Waals surface area contributed by atoms with Crippen LogP contribution in [0.15, 0.2) is 25.3 Å². The van der Waals surface area contributed by atoms with E-state index in [1.807, 2.05) is 16.7 Å². The molecule has 0 radical (unpaired) electrons. The van der Waals surface area contributed by atoms with Crippen molar-refractivity contribution in [2.45, 2.75) is 106 Å². The molecule has 3 amide bonds. The number of nitrogens with zero attached hydrogens (tertiary/aromatic N) is 3. The molecule has 7 nitrogen and oxygen atoms in total. The van der Waals surface area contributed by atoms with Gasteiger partial charge in [0.05, 0.1) is 16.6 Å². The van der Waals surface area contributed by atoms with E-state index in [0.717, 1.165) is 19.3 Å². The van der Waals surface area contributed by atoms with Gasteiger partial charge in [0.2, 0.25) is 17.7 Å². The number of rotatable bonds is 15. The van der Waals surface area contributed by atoms with Crippen molar-refractivity contribution in [2.24, 2.45) is 17.3 Å². The molecule has 41 heavy (non-hydrogen) atoms. The number of hydrogen-bond donors (Lipinski definition) is 1. The first-order valence-corrected chi connectivity index (χ1v) is 17.1. The molecule has 6 atom stereocenters. The van der Waals surface area contributed by atoms with Crippen LogP contribution in [-0.2, 0) is 14.4 Å². The van der Waals surface area contributed by atoms with Crippen LogP contribution in [0.4, 0.5) is 0 Å². The lowest BCUT2D eigenvalue weighted by Gasteiger charge is -2.46. The summed E-state index contributed by atoms with van der Waals surface area (Å²) in [6.07, 6.45) is 7.94. The quantitative estimate of drug-likeness (QED) is 0.148. The van der Waals surface area contributed by atoms with E-state index in [1.165, 1.54) is 0 Å². The molecular weight excluding hydrogens is 602 g/mol. The number of thioether (sulfide) groups is 1. The molecule has 232 valence electrons. The maximum absolute atomic E-state index is 14.9. The van der Waals surface area contributed by atoms with Gasteiger partial charge in [0.1, 0.15) is 6.04 Å². The fourth-order valence-corrected chi connectivity index (χ4v) is 11.3. The van der Waals surface area contributed by atoms with E-state index < -0.39 is 28.2 Å². The molecular formula is C32H52BrN3O4S. The molecule has 2 bridgehead atoms. The number of alkyl halides is 1. The van der Waals surface area contributed by atoms with Crippen LogP contribution in [0.25, 0.3) is 0 Å². The number of fused-ring (bicyclic) bond motifs is 1. The minimum Gasteiger partial charge on any atom is -0.396 e. The lowest BCUT2D eigenvalue weighted by atomic mass is 9.70. The summed E-state index contributed by atoms with van der Waals surface area (Å²) in [7, 11) is 0. The Hall–Kier alpha value is -1.32. The van der Waals surface area contributed by atoms with Gasteiger partial charge in [-0.1, -0.05) is 55.8 Å². The Bertz CT molecular complexity index is 998. The molecule has 3 saturated heterocycles. The van der Waals surface area contributed by atoms with E-state index in [4.69, 9.17) is 0 Å². The highest BCUT2D eigenvalue weighted by Gasteiger charge is 2.76. The summed E-state index contributed by atoms with van der Waals surface area (Å²) in [4.78, 5) is 49.0. The van der Waals surface area contributed by atoms with Gasteiger partial charge in [0.25, 0.3) is 0 Å². The smallest absolute Gasteiger partial charge is 0.247 e. The van der Waals surface area contributed by atoms with Crippen LogP contribution in [0, 0.1) is 17.3 Å². The van der Waals surface area contributed by atoms with Crippen molar-refractivity contribution in [1.82, 2.24) is 14.7 Å². The molecule has 3 rings (SSSR count). The fraction of sp³-hybridized carbons (Fsp3) is 0.781. The Morgan fingerprint density at radius 1 is 1.12 bits per heavy atom. The largest absolute Gasteiger partial charge is 0.396 e. The summed E-state index contributed by atoms with van der Waals surface area (Å²) in [5.74, 6) is -1.13. The average molecular weight is 655 g/mol. The number of hydrogen-bond acceptors (Lipinski definition) is 5. The third-order valence-electron chi connectivity index (χ3n) is 8.79. The lowest BCUT2D eigenvalue weighted by Crippen LogP contribution is -2.60. The molecule has 3 aliphatic heterocycles. The van der Waals surface area contributed by atoms with Crippen molar-refractivity contribution in [2.75, 3.05) is 32.8 Å². The monoisotopic (exact) mass is 653 g/mol. The number of halogens is 1. The third-order valence-corrected chi connectivity index (χ3v) is 12.0. The van der Waals surface area contributed by atoms with Crippen LogP contribution in [-0.4, -0.2) is 96.7 Å². The molecule has 0 aromatic carbocycles. The van der Waals surface area contributed by atoms with Gasteiger partial charge in [-0.2, -0.15) is 0 Å². The molecule has 3 fully saturated rings. The van der Waals surface area contributed by atoms with Crippen molar-refractivity contribution < 1.29 is 19.5 Å². The van der Waals surface area contributed by atoms with Gasteiger partial charge in [-0.25, -0.2) is 0 Å². The molecule has 3 heterocycles. The zero-order valence-electron chi connectivity index (χ0n) is 26.0. The van der Waals surface area contributed by atoms with Crippen molar-refractivity contribution in [3.05, 3.63) is 25.3 Å². The summed E-state index contributed by atoms with van der Waals surface area (Å²) in [5.41, 5.74) is -0.470. The number of aliphatic hydroxyl groups is 1. The number of likely N-dealkylation sites (tertiary alicyclic amines) is 1. The van der Waals surface area contributed by atoms with E-state index in [9.17, 15) is 19.5 Å². The predicted octanol–water partition coefficient (Wildman–Crippen LogP) is 5.27. The summed E-state index contributed by atoms with van der Waals surface area (Å²) in [6.45, 7) is 22.6. The first kappa shape index (κ1) is 34.2. The Morgan fingerprint density at radius 2 is 1.78 bits per heavy atom. The van der Waals surface area contributed by atoms with Gasteiger partial charge in [0, 0.05) is 48.4 Å². The van der Waals surface area contributed by atoms with Gasteiger partial charge in [-0.05, 0) is 57.8 Å². The SMILES string of the molecule is C=CCN(CCC)C(=O)[C@H]1[C@H]2C(=O)N(CCCCCO)C(C(=O)N(CC=C)C(C)(C)CC(C)(C)C)C23CC(Br)[C@@H]1S3. The number of carbonyl (C=O) groups is 3. The number of carbonyl (C=O) groups excluding carboxylic acids is 3. The Kier molecular flexibility index (Phi) is 11.3. The number of unbranched alkanes of at least 4 members (excludes halogenated alkanes) is 2. The van der Waals surface area contributed by atoms with Gasteiger partial charge in [-0.3, -0.25) is 14.4 Å². The van der Waals surface area contributed by atoms with E-state index >= 15 is 0 Å². The minimum atomic E-state index is -0.673. The Morgan fingerprint density at radius 3 is 2.34 bits per heavy atom. The van der Waals surface area contributed by atoms with Crippen LogP contribution >= 0.6 is 27.7 Å². The maximum Gasteiger partial charge on any atom is 0.247 e. The Balaban J connectivity index is 2.09. The molecule has 0 saturated carbocycles. The van der Waals surface area contributed by atoms with Crippen molar-refractivity contribution >= 4 is 45.4 Å². The van der Waals surface area contributed by atoms with E-state index in [0.29, 0.717) is 45.4 Å². The molecule has 3 aliphatic rings. The predicted molar refractivity (Wildman–Crippen MR) is 172 cm³/mol. The average Bonchev–Trinajstić information content (AvgIpc) is 3.46. The van der Waals surface area contributed by atoms with Crippen molar-refractivity contribution in [3.63, 3.8) is 0 Å². The number of aliphatic hydroxyl groups excluding tert-OH is 1. The second kappa shape index (κ2) is 13.5. The zero-order valence-corrected chi connectivity index (χ0v) is 28.4. The third kappa shape index (κ3) is 6.77. The van der Waals surface area contributed by atoms with Gasteiger partial charge >= 0.3 is 0 Å². The zero-order chi connectivity index (χ0) is 30.8. The summed E-state index contributed by atoms with van der Waals surface area (Å²) in [6, 6.07) is -0.653. The standard InChI is InChI=1S/C32H52BrN3O4S/c1-9-15-34(16-10-2)27(38)23-24-28(39)35(18-13-12-14-19-37)26(32(24)20-22(33)25(23)41-32)29(40)36(17-11-3)31(7,8)21-30(4,5)6/h9,11,22-26,37H,1,3,10,12-21H2,2,4-8H3/t22?,23-,24-,25-,26?,32?/m0/s1. The highest BCUT2D eigenvalue weighted by atomic mass is 79.9. The van der Waals surface area contributed by atoms with Crippen molar-refractivity contribution in [1.29, 1.82) is 0 Å². The maximum atomic E-state index is 14.9.